The zero-order valence-corrected chi connectivity index (χ0v) is 10.6. The number of aromatic nitrogens is 3. The summed E-state index contributed by atoms with van der Waals surface area (Å²) in [6.45, 7) is 4.08. The van der Waals surface area contributed by atoms with E-state index in [1.807, 2.05) is 37.3 Å². The molecule has 1 atom stereocenters. The molecule has 2 aromatic heterocycles. The largest absolute Gasteiger partial charge is 0.368 e. The van der Waals surface area contributed by atoms with Gasteiger partial charge in [-0.25, -0.2) is 9.97 Å². The molecule has 0 fully saturated rings. The van der Waals surface area contributed by atoms with Gasteiger partial charge in [-0.15, -0.1) is 0 Å². The second-order valence-electron chi connectivity index (χ2n) is 4.43. The Morgan fingerprint density at radius 1 is 1.35 bits per heavy atom. The van der Waals surface area contributed by atoms with Crippen molar-refractivity contribution in [1.29, 1.82) is 0 Å². The van der Waals surface area contributed by atoms with Crippen molar-refractivity contribution in [3.8, 4) is 0 Å². The summed E-state index contributed by atoms with van der Waals surface area (Å²) < 4.78 is 2.00. The van der Waals surface area contributed by atoms with Crippen molar-refractivity contribution < 1.29 is 0 Å². The van der Waals surface area contributed by atoms with E-state index in [2.05, 4.69) is 27.5 Å². The van der Waals surface area contributed by atoms with Crippen molar-refractivity contribution in [3.63, 3.8) is 0 Å². The van der Waals surface area contributed by atoms with E-state index in [-0.39, 0.29) is 0 Å². The lowest BCUT2D eigenvalue weighted by atomic mass is 10.2. The van der Waals surface area contributed by atoms with Crippen molar-refractivity contribution in [2.45, 2.75) is 6.92 Å². The first-order valence-corrected chi connectivity index (χ1v) is 5.87. The fraction of sp³-hybridized carbons (Fsp3) is 0.500. The average Bonchev–Trinajstić information content (AvgIpc) is 2.70. The van der Waals surface area contributed by atoms with Gasteiger partial charge in [-0.2, -0.15) is 0 Å². The summed E-state index contributed by atoms with van der Waals surface area (Å²) in [5.41, 5.74) is 2.04. The van der Waals surface area contributed by atoms with Crippen LogP contribution in [0.25, 0.3) is 11.0 Å². The molecule has 0 bridgehead atoms. The Hall–Kier alpha value is -1.62. The van der Waals surface area contributed by atoms with E-state index in [0.717, 1.165) is 29.9 Å². The molecule has 0 amide bonds. The number of hydrogen-bond acceptors (Lipinski definition) is 4. The van der Waals surface area contributed by atoms with E-state index < -0.39 is 0 Å². The monoisotopic (exact) mass is 233 g/mol. The van der Waals surface area contributed by atoms with Crippen LogP contribution in [0.5, 0.6) is 0 Å². The summed E-state index contributed by atoms with van der Waals surface area (Å²) in [4.78, 5) is 8.71. The second-order valence-corrected chi connectivity index (χ2v) is 4.43. The smallest absolute Gasteiger partial charge is 0.154 e. The Balaban J connectivity index is 2.13. The van der Waals surface area contributed by atoms with E-state index in [9.17, 15) is 0 Å². The van der Waals surface area contributed by atoms with Gasteiger partial charge in [0.2, 0.25) is 0 Å². The van der Waals surface area contributed by atoms with E-state index in [1.165, 1.54) is 0 Å². The lowest BCUT2D eigenvalue weighted by Gasteiger charge is -2.12. The van der Waals surface area contributed by atoms with E-state index in [4.69, 9.17) is 0 Å². The molecular formula is C12H19N5. The van der Waals surface area contributed by atoms with Crippen molar-refractivity contribution in [3.05, 3.63) is 18.6 Å². The Labute approximate surface area is 101 Å². The molecule has 2 N–H and O–H groups in total. The highest BCUT2D eigenvalue weighted by Gasteiger charge is 2.07. The first-order valence-electron chi connectivity index (χ1n) is 5.87. The summed E-state index contributed by atoms with van der Waals surface area (Å²) in [5.74, 6) is 1.42. The summed E-state index contributed by atoms with van der Waals surface area (Å²) in [5, 5.41) is 6.52. The van der Waals surface area contributed by atoms with E-state index in [0.29, 0.717) is 5.92 Å². The quantitative estimate of drug-likeness (QED) is 0.815. The molecule has 2 aromatic rings. The van der Waals surface area contributed by atoms with Crippen LogP contribution in [0.15, 0.2) is 18.6 Å². The zero-order chi connectivity index (χ0) is 12.3. The number of hydrogen-bond donors (Lipinski definition) is 2. The molecule has 0 saturated carbocycles. The van der Waals surface area contributed by atoms with Gasteiger partial charge >= 0.3 is 0 Å². The third-order valence-corrected chi connectivity index (χ3v) is 2.81. The SMILES string of the molecule is CNCC(C)CNc1nccc2c1ncn2C. The minimum absolute atomic E-state index is 0.556. The van der Waals surface area contributed by atoms with Gasteiger partial charge < -0.3 is 15.2 Å². The first-order chi connectivity index (χ1) is 8.22. The fourth-order valence-electron chi connectivity index (χ4n) is 1.88. The Morgan fingerprint density at radius 3 is 2.94 bits per heavy atom. The summed E-state index contributed by atoms with van der Waals surface area (Å²) in [6, 6.07) is 1.98. The highest BCUT2D eigenvalue weighted by molar-refractivity contribution is 5.85. The summed E-state index contributed by atoms with van der Waals surface area (Å²) in [7, 11) is 3.96. The molecule has 0 aliphatic rings. The third kappa shape index (κ3) is 2.55. The maximum Gasteiger partial charge on any atom is 0.154 e. The number of fused-ring (bicyclic) bond motifs is 1. The molecule has 0 aliphatic carbocycles. The molecule has 1 unspecified atom stereocenters. The van der Waals surface area contributed by atoms with E-state index >= 15 is 0 Å². The molecule has 5 heteroatoms. The van der Waals surface area contributed by atoms with Gasteiger partial charge in [-0.3, -0.25) is 0 Å². The minimum atomic E-state index is 0.556. The zero-order valence-electron chi connectivity index (χ0n) is 10.6. The highest BCUT2D eigenvalue weighted by atomic mass is 15.1. The highest BCUT2D eigenvalue weighted by Crippen LogP contribution is 2.18. The molecule has 0 radical (unpaired) electrons. The van der Waals surface area contributed by atoms with Crippen LogP contribution in [0.2, 0.25) is 0 Å². The number of pyridine rings is 1. The van der Waals surface area contributed by atoms with Crippen LogP contribution >= 0.6 is 0 Å². The van der Waals surface area contributed by atoms with Crippen molar-refractivity contribution in [2.75, 3.05) is 25.5 Å². The van der Waals surface area contributed by atoms with Crippen LogP contribution in [0.1, 0.15) is 6.92 Å². The van der Waals surface area contributed by atoms with Crippen LogP contribution in [-0.2, 0) is 7.05 Å². The minimum Gasteiger partial charge on any atom is -0.368 e. The molecule has 5 nitrogen and oxygen atoms in total. The van der Waals surface area contributed by atoms with E-state index in [1.54, 1.807) is 0 Å². The van der Waals surface area contributed by atoms with Gasteiger partial charge in [-0.1, -0.05) is 6.92 Å². The molecule has 0 spiro atoms. The Morgan fingerprint density at radius 2 is 2.18 bits per heavy atom. The Kier molecular flexibility index (Phi) is 3.58. The maximum absolute atomic E-state index is 4.36. The fourth-order valence-corrected chi connectivity index (χ4v) is 1.88. The van der Waals surface area contributed by atoms with Crippen LogP contribution in [0, 0.1) is 5.92 Å². The van der Waals surface area contributed by atoms with Gasteiger partial charge in [-0.05, 0) is 25.6 Å². The molecule has 0 saturated heterocycles. The molecule has 0 aliphatic heterocycles. The van der Waals surface area contributed by atoms with Gasteiger partial charge in [0.1, 0.15) is 5.52 Å². The maximum atomic E-state index is 4.36. The normalized spacial score (nSPS) is 12.9. The van der Waals surface area contributed by atoms with Gasteiger partial charge in [0.05, 0.1) is 11.8 Å². The lowest BCUT2D eigenvalue weighted by Crippen LogP contribution is -2.23. The molecule has 2 rings (SSSR count). The predicted octanol–water partition coefficient (Wildman–Crippen LogP) is 1.24. The standard InChI is InChI=1S/C12H19N5/c1-9(6-13-2)7-15-12-11-10(4-5-14-12)17(3)8-16-11/h4-5,8-9,13H,6-7H2,1-3H3,(H,14,15). The van der Waals surface area contributed by atoms with Gasteiger partial charge in [0, 0.05) is 19.8 Å². The summed E-state index contributed by atoms with van der Waals surface area (Å²) in [6.07, 6.45) is 3.63. The number of nitrogens with one attached hydrogen (secondary N) is 2. The van der Waals surface area contributed by atoms with Crippen molar-refractivity contribution >= 4 is 16.9 Å². The van der Waals surface area contributed by atoms with Crippen LogP contribution in [-0.4, -0.2) is 34.7 Å². The molecule has 0 aromatic carbocycles. The summed E-state index contributed by atoms with van der Waals surface area (Å²) >= 11 is 0. The first kappa shape index (κ1) is 11.9. The number of rotatable bonds is 5. The second kappa shape index (κ2) is 5.14. The lowest BCUT2D eigenvalue weighted by molar-refractivity contribution is 0.569. The van der Waals surface area contributed by atoms with Gasteiger partial charge in [0.25, 0.3) is 0 Å². The van der Waals surface area contributed by atoms with Crippen LogP contribution < -0.4 is 10.6 Å². The number of anilines is 1. The third-order valence-electron chi connectivity index (χ3n) is 2.81. The topological polar surface area (TPSA) is 54.8 Å². The van der Waals surface area contributed by atoms with Gasteiger partial charge in [0.15, 0.2) is 5.82 Å². The predicted molar refractivity (Wildman–Crippen MR) is 70.1 cm³/mol. The van der Waals surface area contributed by atoms with Crippen molar-refractivity contribution in [2.24, 2.45) is 13.0 Å². The average molecular weight is 233 g/mol. The number of nitrogens with zero attached hydrogens (tertiary/aromatic N) is 3. The molecule has 92 valence electrons. The number of imidazole rings is 1. The van der Waals surface area contributed by atoms with Crippen LogP contribution in [0.3, 0.4) is 0 Å². The Bertz CT molecular complexity index is 491. The molecule has 17 heavy (non-hydrogen) atoms. The van der Waals surface area contributed by atoms with Crippen molar-refractivity contribution in [1.82, 2.24) is 19.9 Å². The number of aryl methyl sites for hydroxylation is 1. The molecule has 2 heterocycles. The molecular weight excluding hydrogens is 214 g/mol. The van der Waals surface area contributed by atoms with Crippen LogP contribution in [0.4, 0.5) is 5.82 Å².